The molecule has 0 aromatic heterocycles. The van der Waals surface area contributed by atoms with Crippen molar-refractivity contribution in [2.45, 2.75) is 6.42 Å². The fourth-order valence-corrected chi connectivity index (χ4v) is 0.467. The Morgan fingerprint density at radius 2 is 1.75 bits per heavy atom. The number of hydrogen-bond acceptors (Lipinski definition) is 3. The highest BCUT2D eigenvalue weighted by Crippen LogP contribution is 1.88. The molecule has 4 heteroatoms. The Labute approximate surface area is 69.2 Å². The van der Waals surface area contributed by atoms with Crippen LogP contribution in [0.2, 0.25) is 0 Å². The van der Waals surface area contributed by atoms with E-state index in [-0.39, 0.29) is 6.42 Å². The average Bonchev–Trinajstić information content (AvgIpc) is 2.00. The molecule has 0 saturated heterocycles. The quantitative estimate of drug-likeness (QED) is 0.474. The van der Waals surface area contributed by atoms with Crippen molar-refractivity contribution in [2.24, 2.45) is 0 Å². The molecular weight excluding hydrogens is 160 g/mol. The summed E-state index contributed by atoms with van der Waals surface area (Å²) in [6, 6.07) is 0. The van der Waals surface area contributed by atoms with Gasteiger partial charge in [-0.2, -0.15) is 0 Å². The SMILES string of the molecule is C=CC(=O)CC(=O)/C=C/C(=O)O. The van der Waals surface area contributed by atoms with Crippen LogP contribution in [0.15, 0.2) is 24.8 Å². The summed E-state index contributed by atoms with van der Waals surface area (Å²) in [6.07, 6.45) is 2.24. The fourth-order valence-electron chi connectivity index (χ4n) is 0.467. The van der Waals surface area contributed by atoms with Crippen LogP contribution < -0.4 is 0 Å². The van der Waals surface area contributed by atoms with Gasteiger partial charge in [0.25, 0.3) is 0 Å². The van der Waals surface area contributed by atoms with Gasteiger partial charge in [-0.25, -0.2) is 4.79 Å². The Balaban J connectivity index is 3.98. The van der Waals surface area contributed by atoms with E-state index in [9.17, 15) is 14.4 Å². The lowest BCUT2D eigenvalue weighted by Gasteiger charge is -1.87. The summed E-state index contributed by atoms with van der Waals surface area (Å²) in [5.41, 5.74) is 0. The van der Waals surface area contributed by atoms with Gasteiger partial charge >= 0.3 is 5.97 Å². The van der Waals surface area contributed by atoms with Gasteiger partial charge in [0.1, 0.15) is 0 Å². The minimum absolute atomic E-state index is 0.326. The molecule has 0 aromatic rings. The Morgan fingerprint density at radius 1 is 1.17 bits per heavy atom. The smallest absolute Gasteiger partial charge is 0.328 e. The zero-order chi connectivity index (χ0) is 9.56. The maximum absolute atomic E-state index is 10.7. The van der Waals surface area contributed by atoms with Gasteiger partial charge in [-0.3, -0.25) is 9.59 Å². The number of carbonyl (C=O) groups excluding carboxylic acids is 2. The fraction of sp³-hybridized carbons (Fsp3) is 0.125. The number of rotatable bonds is 5. The number of carboxylic acid groups (broad SMARTS) is 1. The monoisotopic (exact) mass is 168 g/mol. The lowest BCUT2D eigenvalue weighted by atomic mass is 10.2. The van der Waals surface area contributed by atoms with Crippen LogP contribution in [0, 0.1) is 0 Å². The first kappa shape index (κ1) is 10.3. The Morgan fingerprint density at radius 3 is 2.17 bits per heavy atom. The van der Waals surface area contributed by atoms with Crippen LogP contribution in [0.3, 0.4) is 0 Å². The molecule has 1 N–H and O–H groups in total. The van der Waals surface area contributed by atoms with Crippen molar-refractivity contribution in [2.75, 3.05) is 0 Å². The molecule has 0 radical (unpaired) electrons. The van der Waals surface area contributed by atoms with Crippen LogP contribution in [-0.2, 0) is 14.4 Å². The maximum Gasteiger partial charge on any atom is 0.328 e. The van der Waals surface area contributed by atoms with E-state index in [0.29, 0.717) is 6.08 Å². The van der Waals surface area contributed by atoms with Crippen molar-refractivity contribution in [1.29, 1.82) is 0 Å². The summed E-state index contributed by atoms with van der Waals surface area (Å²) in [5.74, 6) is -2.17. The molecule has 64 valence electrons. The summed E-state index contributed by atoms with van der Waals surface area (Å²) < 4.78 is 0. The van der Waals surface area contributed by atoms with Crippen molar-refractivity contribution < 1.29 is 19.5 Å². The van der Waals surface area contributed by atoms with Gasteiger partial charge in [0.05, 0.1) is 6.42 Å². The molecule has 0 fully saturated rings. The van der Waals surface area contributed by atoms with E-state index in [4.69, 9.17) is 5.11 Å². The van der Waals surface area contributed by atoms with E-state index in [1.807, 2.05) is 0 Å². The minimum Gasteiger partial charge on any atom is -0.478 e. The highest BCUT2D eigenvalue weighted by molar-refractivity contribution is 6.09. The zero-order valence-corrected chi connectivity index (χ0v) is 6.32. The highest BCUT2D eigenvalue weighted by atomic mass is 16.4. The predicted molar refractivity (Wildman–Crippen MR) is 41.6 cm³/mol. The van der Waals surface area contributed by atoms with Gasteiger partial charge in [0.15, 0.2) is 11.6 Å². The largest absolute Gasteiger partial charge is 0.478 e. The summed E-state index contributed by atoms with van der Waals surface area (Å²) in [7, 11) is 0. The number of carboxylic acids is 1. The molecule has 0 aliphatic rings. The van der Waals surface area contributed by atoms with E-state index in [1.165, 1.54) is 0 Å². The number of ketones is 2. The normalized spacial score (nSPS) is 9.67. The first-order chi connectivity index (χ1) is 5.56. The highest BCUT2D eigenvalue weighted by Gasteiger charge is 2.02. The molecule has 0 bridgehead atoms. The molecule has 0 aliphatic carbocycles. The lowest BCUT2D eigenvalue weighted by Crippen LogP contribution is -2.02. The number of carbonyl (C=O) groups is 3. The van der Waals surface area contributed by atoms with Crippen molar-refractivity contribution in [3.05, 3.63) is 24.8 Å². The number of allylic oxidation sites excluding steroid dienone is 2. The Hall–Kier alpha value is -1.71. The van der Waals surface area contributed by atoms with Crippen molar-refractivity contribution >= 4 is 17.5 Å². The summed E-state index contributed by atoms with van der Waals surface area (Å²) >= 11 is 0. The third kappa shape index (κ3) is 5.10. The topological polar surface area (TPSA) is 71.4 Å². The second kappa shape index (κ2) is 5.01. The molecular formula is C8H8O4. The van der Waals surface area contributed by atoms with Crippen LogP contribution in [0.25, 0.3) is 0 Å². The van der Waals surface area contributed by atoms with E-state index in [1.54, 1.807) is 0 Å². The standard InChI is InChI=1S/C8H8O4/c1-2-6(9)5-7(10)3-4-8(11)12/h2-4H,1,5H2,(H,11,12)/b4-3+. The third-order valence-corrected chi connectivity index (χ3v) is 0.988. The third-order valence-electron chi connectivity index (χ3n) is 0.988. The second-order valence-corrected chi connectivity index (χ2v) is 1.99. The maximum atomic E-state index is 10.7. The summed E-state index contributed by atoms with van der Waals surface area (Å²) in [4.78, 5) is 31.2. The first-order valence-electron chi connectivity index (χ1n) is 3.15. The summed E-state index contributed by atoms with van der Waals surface area (Å²) in [5, 5.41) is 8.11. The molecule has 0 aliphatic heterocycles. The van der Waals surface area contributed by atoms with Gasteiger partial charge in [0.2, 0.25) is 0 Å². The van der Waals surface area contributed by atoms with Gasteiger partial charge in [-0.15, -0.1) is 0 Å². The molecule has 0 atom stereocenters. The number of aliphatic carboxylic acids is 1. The molecule has 0 spiro atoms. The second-order valence-electron chi connectivity index (χ2n) is 1.99. The van der Waals surface area contributed by atoms with Crippen LogP contribution in [-0.4, -0.2) is 22.6 Å². The molecule has 0 aromatic carbocycles. The van der Waals surface area contributed by atoms with Gasteiger partial charge in [-0.05, 0) is 12.2 Å². The van der Waals surface area contributed by atoms with E-state index >= 15 is 0 Å². The van der Waals surface area contributed by atoms with Gasteiger partial charge < -0.3 is 5.11 Å². The van der Waals surface area contributed by atoms with Crippen LogP contribution in [0.1, 0.15) is 6.42 Å². The van der Waals surface area contributed by atoms with Gasteiger partial charge in [-0.1, -0.05) is 6.58 Å². The van der Waals surface area contributed by atoms with Gasteiger partial charge in [0, 0.05) is 6.08 Å². The Kier molecular flexibility index (Phi) is 4.30. The van der Waals surface area contributed by atoms with Crippen LogP contribution >= 0.6 is 0 Å². The van der Waals surface area contributed by atoms with Crippen molar-refractivity contribution in [1.82, 2.24) is 0 Å². The lowest BCUT2D eigenvalue weighted by molar-refractivity contribution is -0.132. The van der Waals surface area contributed by atoms with Crippen molar-refractivity contribution in [3.8, 4) is 0 Å². The summed E-state index contributed by atoms with van der Waals surface area (Å²) in [6.45, 7) is 3.17. The van der Waals surface area contributed by atoms with Crippen molar-refractivity contribution in [3.63, 3.8) is 0 Å². The molecule has 0 heterocycles. The molecule has 12 heavy (non-hydrogen) atoms. The van der Waals surface area contributed by atoms with E-state index < -0.39 is 17.5 Å². The molecule has 4 nitrogen and oxygen atoms in total. The Bertz CT molecular complexity index is 250. The molecule has 0 saturated carbocycles. The van der Waals surface area contributed by atoms with Crippen LogP contribution in [0.5, 0.6) is 0 Å². The van der Waals surface area contributed by atoms with E-state index in [0.717, 1.165) is 12.2 Å². The van der Waals surface area contributed by atoms with E-state index in [2.05, 4.69) is 6.58 Å². The van der Waals surface area contributed by atoms with Crippen LogP contribution in [0.4, 0.5) is 0 Å². The molecule has 0 rings (SSSR count). The number of hydrogen-bond donors (Lipinski definition) is 1. The predicted octanol–water partition coefficient (Wildman–Crippen LogP) is 0.341. The average molecular weight is 168 g/mol. The molecule has 0 unspecified atom stereocenters. The minimum atomic E-state index is -1.21. The molecule has 0 amide bonds. The zero-order valence-electron chi connectivity index (χ0n) is 6.32. The first-order valence-corrected chi connectivity index (χ1v) is 3.15.